The van der Waals surface area contributed by atoms with Gasteiger partial charge in [0, 0.05) is 18.4 Å². The number of carbonyl (C=O) groups is 3. The van der Waals surface area contributed by atoms with Crippen LogP contribution >= 0.6 is 0 Å². The van der Waals surface area contributed by atoms with Gasteiger partial charge < -0.3 is 19.5 Å². The molecular formula is C19H29NO9S. The Hall–Kier alpha value is -1.88. The first-order valence-corrected chi connectivity index (χ1v) is 11.7. The summed E-state index contributed by atoms with van der Waals surface area (Å²) in [5.74, 6) is -1.02. The Kier molecular flexibility index (Phi) is 6.61. The molecule has 0 aromatic heterocycles. The van der Waals surface area contributed by atoms with Crippen LogP contribution in [0.5, 0.6) is 0 Å². The average molecular weight is 448 g/mol. The minimum Gasteiger partial charge on any atom is -0.462 e. The van der Waals surface area contributed by atoms with Gasteiger partial charge in [-0.2, -0.15) is 8.42 Å². The largest absolute Gasteiger partial charge is 0.462 e. The standard InChI is InChI=1S/C19H29NO9S/c1-4-19(2,3)17(22)27-8-7-26-14(21)5-6-20-18(23)28-15-11-9-12-13(10-11)30(24,25)29-16(12)15/h11-13,15-16H,4-10H2,1-3H3,(H,20,23). The third-order valence-electron chi connectivity index (χ3n) is 6.27. The zero-order valence-electron chi connectivity index (χ0n) is 17.4. The highest BCUT2D eigenvalue weighted by Gasteiger charge is 2.65. The van der Waals surface area contributed by atoms with Crippen LogP contribution in [0.1, 0.15) is 46.5 Å². The smallest absolute Gasteiger partial charge is 0.407 e. The zero-order chi connectivity index (χ0) is 22.1. The van der Waals surface area contributed by atoms with Crippen LogP contribution in [-0.2, 0) is 38.1 Å². The van der Waals surface area contributed by atoms with Gasteiger partial charge in [0.25, 0.3) is 10.1 Å². The number of esters is 2. The second-order valence-corrected chi connectivity index (χ2v) is 10.4. The molecule has 2 bridgehead atoms. The number of amides is 1. The van der Waals surface area contributed by atoms with Gasteiger partial charge in [-0.3, -0.25) is 13.8 Å². The Morgan fingerprint density at radius 3 is 2.53 bits per heavy atom. The maximum Gasteiger partial charge on any atom is 0.407 e. The normalized spacial score (nSPS) is 30.7. The van der Waals surface area contributed by atoms with Crippen molar-refractivity contribution in [2.75, 3.05) is 19.8 Å². The minimum atomic E-state index is -3.56. The van der Waals surface area contributed by atoms with E-state index in [0.29, 0.717) is 19.3 Å². The third-order valence-corrected chi connectivity index (χ3v) is 8.05. The average Bonchev–Trinajstić information content (AvgIpc) is 3.29. The van der Waals surface area contributed by atoms with Crippen LogP contribution in [0.2, 0.25) is 0 Å². The quantitative estimate of drug-likeness (QED) is 0.239. The number of rotatable bonds is 9. The summed E-state index contributed by atoms with van der Waals surface area (Å²) in [6, 6.07) is 0. The van der Waals surface area contributed by atoms with E-state index in [4.69, 9.17) is 18.4 Å². The molecule has 1 aliphatic heterocycles. The van der Waals surface area contributed by atoms with Gasteiger partial charge in [-0.05, 0) is 33.1 Å². The van der Waals surface area contributed by atoms with Gasteiger partial charge in [0.2, 0.25) is 0 Å². The summed E-state index contributed by atoms with van der Waals surface area (Å²) in [6.45, 7) is 5.36. The molecule has 1 N–H and O–H groups in total. The van der Waals surface area contributed by atoms with E-state index in [1.165, 1.54) is 0 Å². The van der Waals surface area contributed by atoms with Gasteiger partial charge in [-0.25, -0.2) is 4.79 Å². The third kappa shape index (κ3) is 4.72. The summed E-state index contributed by atoms with van der Waals surface area (Å²) >= 11 is 0. The van der Waals surface area contributed by atoms with Crippen molar-refractivity contribution in [3.63, 3.8) is 0 Å². The number of nitrogens with one attached hydrogen (secondary N) is 1. The summed E-state index contributed by atoms with van der Waals surface area (Å²) in [5, 5.41) is 1.99. The highest BCUT2D eigenvalue weighted by atomic mass is 32.2. The molecular weight excluding hydrogens is 418 g/mol. The fourth-order valence-corrected chi connectivity index (χ4v) is 6.06. The number of carbonyl (C=O) groups excluding carboxylic acids is 3. The number of hydrogen-bond acceptors (Lipinski definition) is 9. The Labute approximate surface area is 176 Å². The van der Waals surface area contributed by atoms with E-state index in [0.717, 1.165) is 0 Å². The number of alkyl carbamates (subject to hydrolysis) is 1. The van der Waals surface area contributed by atoms with Crippen LogP contribution in [-0.4, -0.2) is 63.7 Å². The molecule has 0 spiro atoms. The van der Waals surface area contributed by atoms with Crippen molar-refractivity contribution < 1.29 is 41.2 Å². The van der Waals surface area contributed by atoms with Crippen molar-refractivity contribution in [2.45, 2.75) is 63.9 Å². The lowest BCUT2D eigenvalue weighted by Crippen LogP contribution is -2.40. The molecule has 2 saturated carbocycles. The molecule has 1 heterocycles. The fraction of sp³-hybridized carbons (Fsp3) is 0.842. The van der Waals surface area contributed by atoms with E-state index in [9.17, 15) is 22.8 Å². The molecule has 0 radical (unpaired) electrons. The van der Waals surface area contributed by atoms with Crippen molar-refractivity contribution in [3.8, 4) is 0 Å². The molecule has 5 atom stereocenters. The zero-order valence-corrected chi connectivity index (χ0v) is 18.2. The molecule has 10 nitrogen and oxygen atoms in total. The second kappa shape index (κ2) is 8.70. The van der Waals surface area contributed by atoms with Crippen molar-refractivity contribution in [1.82, 2.24) is 5.32 Å². The van der Waals surface area contributed by atoms with Gasteiger partial charge in [0.15, 0.2) is 0 Å². The Morgan fingerprint density at radius 1 is 1.13 bits per heavy atom. The first-order chi connectivity index (χ1) is 14.0. The highest BCUT2D eigenvalue weighted by molar-refractivity contribution is 7.87. The molecule has 0 aromatic carbocycles. The summed E-state index contributed by atoms with van der Waals surface area (Å²) in [5.41, 5.74) is -0.582. The van der Waals surface area contributed by atoms with Crippen LogP contribution in [0, 0.1) is 17.3 Å². The van der Waals surface area contributed by atoms with Crippen molar-refractivity contribution in [1.29, 1.82) is 0 Å². The maximum atomic E-state index is 12.0. The molecule has 3 rings (SSSR count). The predicted molar refractivity (Wildman–Crippen MR) is 103 cm³/mol. The van der Waals surface area contributed by atoms with Gasteiger partial charge in [-0.1, -0.05) is 6.92 Å². The fourth-order valence-electron chi connectivity index (χ4n) is 4.18. The van der Waals surface area contributed by atoms with E-state index in [1.54, 1.807) is 13.8 Å². The van der Waals surface area contributed by atoms with Crippen LogP contribution in [0.4, 0.5) is 4.79 Å². The number of fused-ring (bicyclic) bond motifs is 1. The summed E-state index contributed by atoms with van der Waals surface area (Å²) in [4.78, 5) is 35.5. The lowest BCUT2D eigenvalue weighted by molar-refractivity contribution is -0.159. The molecule has 3 fully saturated rings. The SMILES string of the molecule is CCC(C)(C)C(=O)OCCOC(=O)CCNC(=O)OC1C2CC3C1OS(=O)(=O)C3C2. The molecule has 5 unspecified atom stereocenters. The molecule has 170 valence electrons. The topological polar surface area (TPSA) is 134 Å². The van der Waals surface area contributed by atoms with Crippen molar-refractivity contribution >= 4 is 28.1 Å². The van der Waals surface area contributed by atoms with E-state index >= 15 is 0 Å². The summed E-state index contributed by atoms with van der Waals surface area (Å²) < 4.78 is 44.4. The Balaban J connectivity index is 1.29. The molecule has 3 aliphatic rings. The predicted octanol–water partition coefficient (Wildman–Crippen LogP) is 1.13. The van der Waals surface area contributed by atoms with E-state index in [1.807, 2.05) is 6.92 Å². The number of hydrogen-bond donors (Lipinski definition) is 1. The maximum absolute atomic E-state index is 12.0. The molecule has 11 heteroatoms. The molecule has 0 aromatic rings. The lowest BCUT2D eigenvalue weighted by atomic mass is 9.91. The number of ether oxygens (including phenoxy) is 3. The second-order valence-electron chi connectivity index (χ2n) is 8.63. The van der Waals surface area contributed by atoms with Gasteiger partial charge >= 0.3 is 18.0 Å². The highest BCUT2D eigenvalue weighted by Crippen LogP contribution is 2.55. The summed E-state index contributed by atoms with van der Waals surface area (Å²) in [7, 11) is -3.56. The first-order valence-electron chi connectivity index (χ1n) is 10.2. The molecule has 2 aliphatic carbocycles. The summed E-state index contributed by atoms with van der Waals surface area (Å²) in [6.07, 6.45) is -0.213. The van der Waals surface area contributed by atoms with E-state index in [-0.39, 0.29) is 44.0 Å². The van der Waals surface area contributed by atoms with Gasteiger partial charge in [0.05, 0.1) is 17.1 Å². The van der Waals surface area contributed by atoms with E-state index in [2.05, 4.69) is 5.32 Å². The van der Waals surface area contributed by atoms with Crippen molar-refractivity contribution in [2.24, 2.45) is 17.3 Å². The van der Waals surface area contributed by atoms with Crippen LogP contribution in [0.15, 0.2) is 0 Å². The molecule has 1 saturated heterocycles. The van der Waals surface area contributed by atoms with Crippen LogP contribution < -0.4 is 5.32 Å². The Morgan fingerprint density at radius 2 is 1.83 bits per heavy atom. The van der Waals surface area contributed by atoms with Gasteiger partial charge in [-0.15, -0.1) is 0 Å². The first kappa shape index (κ1) is 22.8. The molecule has 1 amide bonds. The van der Waals surface area contributed by atoms with E-state index < -0.39 is 45.1 Å². The van der Waals surface area contributed by atoms with Crippen molar-refractivity contribution in [3.05, 3.63) is 0 Å². The van der Waals surface area contributed by atoms with Crippen LogP contribution in [0.25, 0.3) is 0 Å². The monoisotopic (exact) mass is 447 g/mol. The lowest BCUT2D eigenvalue weighted by Gasteiger charge is -2.24. The van der Waals surface area contributed by atoms with Gasteiger partial charge in [0.1, 0.15) is 25.4 Å². The van der Waals surface area contributed by atoms with Crippen LogP contribution in [0.3, 0.4) is 0 Å². The minimum absolute atomic E-state index is 0.00752. The molecule has 30 heavy (non-hydrogen) atoms. The Bertz CT molecular complexity index is 794.